The van der Waals surface area contributed by atoms with Crippen molar-refractivity contribution in [1.82, 2.24) is 0 Å². The van der Waals surface area contributed by atoms with Gasteiger partial charge >= 0.3 is 13.1 Å². The Labute approximate surface area is 189 Å². The summed E-state index contributed by atoms with van der Waals surface area (Å²) in [6.45, 7) is 10.1. The molecule has 2 aromatic carbocycles. The maximum atomic E-state index is 13.9. The molecule has 6 heteroatoms. The number of rotatable bonds is 3. The summed E-state index contributed by atoms with van der Waals surface area (Å²) < 4.78 is 31.8. The molecule has 0 amide bonds. The van der Waals surface area contributed by atoms with E-state index in [0.29, 0.717) is 5.56 Å². The van der Waals surface area contributed by atoms with Crippen LogP contribution in [0, 0.1) is 12.7 Å². The minimum Gasteiger partial charge on any atom is -0.465 e. The predicted octanol–water partition coefficient (Wildman–Crippen LogP) is 5.80. The lowest BCUT2D eigenvalue weighted by Gasteiger charge is -2.32. The van der Waals surface area contributed by atoms with E-state index >= 15 is 0 Å². The summed E-state index contributed by atoms with van der Waals surface area (Å²) in [5.74, 6) is -0.603. The number of allylic oxidation sites excluding steroid dienone is 1. The average molecular weight is 436 g/mol. The topological polar surface area (TPSA) is 44.8 Å². The maximum Gasteiger partial charge on any atom is 0.495 e. The van der Waals surface area contributed by atoms with E-state index in [0.717, 1.165) is 52.6 Å². The highest BCUT2D eigenvalue weighted by Gasteiger charge is 2.53. The zero-order chi connectivity index (χ0) is 23.3. The van der Waals surface area contributed by atoms with Crippen LogP contribution in [0.4, 0.5) is 4.39 Å². The van der Waals surface area contributed by atoms with E-state index in [2.05, 4.69) is 0 Å². The molecule has 1 aliphatic carbocycles. The van der Waals surface area contributed by atoms with E-state index < -0.39 is 18.3 Å². The molecular formula is C26H30BFO4. The van der Waals surface area contributed by atoms with Gasteiger partial charge in [-0.05, 0) is 111 Å². The minimum atomic E-state index is -0.569. The van der Waals surface area contributed by atoms with Gasteiger partial charge in [0.15, 0.2) is 0 Å². The monoisotopic (exact) mass is 436 g/mol. The Balaban J connectivity index is 1.94. The van der Waals surface area contributed by atoms with Crippen LogP contribution in [0.1, 0.15) is 73.1 Å². The third-order valence-electron chi connectivity index (χ3n) is 7.02. The van der Waals surface area contributed by atoms with E-state index in [-0.39, 0.29) is 11.8 Å². The molecule has 0 radical (unpaired) electrons. The van der Waals surface area contributed by atoms with Crippen molar-refractivity contribution in [3.8, 4) is 0 Å². The normalized spacial score (nSPS) is 19.5. The van der Waals surface area contributed by atoms with Crippen molar-refractivity contribution >= 4 is 24.1 Å². The lowest BCUT2D eigenvalue weighted by Crippen LogP contribution is -2.41. The Morgan fingerprint density at radius 3 is 2.28 bits per heavy atom. The van der Waals surface area contributed by atoms with E-state index in [1.54, 1.807) is 12.1 Å². The van der Waals surface area contributed by atoms with Crippen LogP contribution < -0.4 is 0 Å². The summed E-state index contributed by atoms with van der Waals surface area (Å²) in [5, 5.41) is 0. The number of benzene rings is 2. The number of fused-ring (bicyclic) bond motifs is 1. The highest BCUT2D eigenvalue weighted by Crippen LogP contribution is 2.46. The number of hydrogen-bond acceptors (Lipinski definition) is 4. The second-order valence-electron chi connectivity index (χ2n) is 9.66. The number of esters is 1. The van der Waals surface area contributed by atoms with Crippen LogP contribution in [0.5, 0.6) is 0 Å². The average Bonchev–Trinajstić information content (AvgIpc) is 2.85. The number of aryl methyl sites for hydroxylation is 2. The van der Waals surface area contributed by atoms with Crippen molar-refractivity contribution in [2.45, 2.75) is 65.1 Å². The fraction of sp³-hybridized carbons (Fsp3) is 0.423. The Morgan fingerprint density at radius 2 is 1.66 bits per heavy atom. The molecular weight excluding hydrogens is 406 g/mol. The summed E-state index contributed by atoms with van der Waals surface area (Å²) in [7, 11) is 0.819. The zero-order valence-corrected chi connectivity index (χ0v) is 19.7. The number of halogens is 1. The number of carbonyl (C=O) groups excluding carboxylic acids is 1. The van der Waals surface area contributed by atoms with Crippen molar-refractivity contribution < 1.29 is 23.2 Å². The van der Waals surface area contributed by atoms with Gasteiger partial charge in [-0.3, -0.25) is 0 Å². The molecule has 2 aliphatic rings. The largest absolute Gasteiger partial charge is 0.495 e. The SMILES string of the molecule is COC(=O)c1ccc2c(c1)CCCC(c1ccc(F)cc1C)=C2B1OC(C)(C)C(C)(C)O1. The van der Waals surface area contributed by atoms with E-state index in [4.69, 9.17) is 14.0 Å². The second-order valence-corrected chi connectivity index (χ2v) is 9.66. The van der Waals surface area contributed by atoms with Crippen molar-refractivity contribution in [3.63, 3.8) is 0 Å². The maximum absolute atomic E-state index is 13.9. The molecule has 1 heterocycles. The van der Waals surface area contributed by atoms with Crippen LogP contribution in [0.2, 0.25) is 0 Å². The number of ether oxygens (including phenoxy) is 1. The number of methoxy groups -OCH3 is 1. The molecule has 0 atom stereocenters. The number of hydrogen-bond donors (Lipinski definition) is 0. The van der Waals surface area contributed by atoms with Gasteiger partial charge in [-0.2, -0.15) is 0 Å². The van der Waals surface area contributed by atoms with Gasteiger partial charge in [0.25, 0.3) is 0 Å². The molecule has 0 spiro atoms. The smallest absolute Gasteiger partial charge is 0.465 e. The molecule has 2 aromatic rings. The molecule has 32 heavy (non-hydrogen) atoms. The highest BCUT2D eigenvalue weighted by atomic mass is 19.1. The van der Waals surface area contributed by atoms with Crippen molar-refractivity contribution in [3.05, 3.63) is 70.0 Å². The van der Waals surface area contributed by atoms with Gasteiger partial charge in [-0.1, -0.05) is 12.1 Å². The lowest BCUT2D eigenvalue weighted by molar-refractivity contribution is 0.00578. The van der Waals surface area contributed by atoms with E-state index in [1.807, 2.05) is 52.8 Å². The van der Waals surface area contributed by atoms with Crippen LogP contribution in [-0.2, 0) is 20.5 Å². The lowest BCUT2D eigenvalue weighted by atomic mass is 9.68. The first-order valence-electron chi connectivity index (χ1n) is 11.1. The Hall–Kier alpha value is -2.44. The van der Waals surface area contributed by atoms with Gasteiger partial charge in [0.1, 0.15) is 5.82 Å². The third kappa shape index (κ3) is 3.91. The van der Waals surface area contributed by atoms with E-state index in [9.17, 15) is 9.18 Å². The molecule has 0 aromatic heterocycles. The molecule has 1 fully saturated rings. The summed E-state index contributed by atoms with van der Waals surface area (Å²) >= 11 is 0. The first-order valence-corrected chi connectivity index (χ1v) is 11.1. The molecule has 168 valence electrons. The van der Waals surface area contributed by atoms with Gasteiger partial charge in [0.2, 0.25) is 0 Å². The Kier molecular flexibility index (Phi) is 5.80. The second kappa shape index (κ2) is 8.16. The van der Waals surface area contributed by atoms with Crippen LogP contribution in [0.15, 0.2) is 36.4 Å². The van der Waals surface area contributed by atoms with Gasteiger partial charge in [0.05, 0.1) is 23.9 Å². The highest BCUT2D eigenvalue weighted by molar-refractivity contribution is 6.71. The quantitative estimate of drug-likeness (QED) is 0.451. The molecule has 1 saturated heterocycles. The van der Waals surface area contributed by atoms with Gasteiger partial charge in [-0.15, -0.1) is 0 Å². The molecule has 4 rings (SSSR count). The molecule has 0 bridgehead atoms. The molecule has 0 N–H and O–H groups in total. The third-order valence-corrected chi connectivity index (χ3v) is 7.02. The van der Waals surface area contributed by atoms with E-state index in [1.165, 1.54) is 13.2 Å². The van der Waals surface area contributed by atoms with Crippen molar-refractivity contribution in [2.24, 2.45) is 0 Å². The first kappa shape index (κ1) is 22.7. The van der Waals surface area contributed by atoms with Gasteiger partial charge < -0.3 is 14.0 Å². The fourth-order valence-corrected chi connectivity index (χ4v) is 4.54. The van der Waals surface area contributed by atoms with Crippen LogP contribution >= 0.6 is 0 Å². The summed E-state index contributed by atoms with van der Waals surface area (Å²) in [5.41, 5.74) is 5.55. The fourth-order valence-electron chi connectivity index (χ4n) is 4.54. The number of carbonyl (C=O) groups is 1. The summed E-state index contributed by atoms with van der Waals surface area (Å²) in [4.78, 5) is 12.1. The molecule has 1 aliphatic heterocycles. The Morgan fingerprint density at radius 1 is 1.00 bits per heavy atom. The van der Waals surface area contributed by atoms with Crippen molar-refractivity contribution in [1.29, 1.82) is 0 Å². The van der Waals surface area contributed by atoms with Crippen LogP contribution in [0.25, 0.3) is 11.0 Å². The molecule has 0 saturated carbocycles. The van der Waals surface area contributed by atoms with Gasteiger partial charge in [0, 0.05) is 0 Å². The Bertz CT molecular complexity index is 1090. The molecule has 0 unspecified atom stereocenters. The summed E-state index contributed by atoms with van der Waals surface area (Å²) in [6, 6.07) is 10.6. The predicted molar refractivity (Wildman–Crippen MR) is 125 cm³/mol. The summed E-state index contributed by atoms with van der Waals surface area (Å²) in [6.07, 6.45) is 2.51. The minimum absolute atomic E-state index is 0.249. The van der Waals surface area contributed by atoms with Crippen molar-refractivity contribution in [2.75, 3.05) is 7.11 Å². The first-order chi connectivity index (χ1) is 15.0. The standard InChI is InChI=1S/C26H30BFO4/c1-16-14-19(28)11-13-20(16)22-9-7-8-17-15-18(24(29)30-6)10-12-21(17)23(22)27-31-25(2,3)26(4,5)32-27/h10-15H,7-9H2,1-6H3. The molecule has 4 nitrogen and oxygen atoms in total. The van der Waals surface area contributed by atoms with Gasteiger partial charge in [-0.25, -0.2) is 9.18 Å². The zero-order valence-electron chi connectivity index (χ0n) is 19.7. The van der Waals surface area contributed by atoms with Crippen LogP contribution in [-0.4, -0.2) is 31.4 Å². The van der Waals surface area contributed by atoms with Crippen LogP contribution in [0.3, 0.4) is 0 Å².